The number of hydrogen-bond donors (Lipinski definition) is 1. The molecular weight excluding hydrogens is 247 g/mol. The van der Waals surface area contributed by atoms with Gasteiger partial charge in [0.1, 0.15) is 5.82 Å². The number of rotatable bonds is 4. The van der Waals surface area contributed by atoms with Gasteiger partial charge in [0.05, 0.1) is 16.9 Å². The predicted octanol–water partition coefficient (Wildman–Crippen LogP) is 2.59. The van der Waals surface area contributed by atoms with E-state index >= 15 is 0 Å². The highest BCUT2D eigenvalue weighted by atomic mass is 19.1. The smallest absolute Gasteiger partial charge is 0.296 e. The minimum atomic E-state index is -0.698. The van der Waals surface area contributed by atoms with Gasteiger partial charge in [0.15, 0.2) is 0 Å². The maximum atomic E-state index is 14.1. The molecule has 5 heteroatoms. The first kappa shape index (κ1) is 13.5. The Kier molecular flexibility index (Phi) is 3.55. The average Bonchev–Trinajstić information content (AvgIpc) is 2.64. The van der Waals surface area contributed by atoms with E-state index in [1.807, 2.05) is 18.9 Å². The lowest BCUT2D eigenvalue weighted by atomic mass is 10.1. The van der Waals surface area contributed by atoms with Crippen molar-refractivity contribution in [1.29, 1.82) is 0 Å². The van der Waals surface area contributed by atoms with Crippen LogP contribution in [0.1, 0.15) is 37.0 Å². The number of carbonyl (C=O) groups is 2. The van der Waals surface area contributed by atoms with E-state index in [2.05, 4.69) is 12.2 Å². The number of ketones is 1. The largest absolute Gasteiger partial charge is 0.369 e. The van der Waals surface area contributed by atoms with Gasteiger partial charge in [-0.1, -0.05) is 13.3 Å². The van der Waals surface area contributed by atoms with Crippen LogP contribution in [0.25, 0.3) is 0 Å². The second-order valence-corrected chi connectivity index (χ2v) is 4.88. The molecule has 1 aromatic rings. The number of benzene rings is 1. The third-order valence-corrected chi connectivity index (χ3v) is 3.53. The van der Waals surface area contributed by atoms with Gasteiger partial charge in [-0.2, -0.15) is 0 Å². The summed E-state index contributed by atoms with van der Waals surface area (Å²) in [5, 5.41) is 2.46. The van der Waals surface area contributed by atoms with Crippen molar-refractivity contribution in [2.75, 3.05) is 17.3 Å². The second kappa shape index (κ2) is 4.99. The molecule has 1 heterocycles. The molecule has 1 atom stereocenters. The first-order valence-electron chi connectivity index (χ1n) is 6.37. The Bertz CT molecular complexity index is 542. The summed E-state index contributed by atoms with van der Waals surface area (Å²) in [5.41, 5.74) is 0.902. The highest BCUT2D eigenvalue weighted by Crippen LogP contribution is 2.31. The molecule has 1 aromatic carbocycles. The van der Waals surface area contributed by atoms with Crippen molar-refractivity contribution < 1.29 is 14.0 Å². The van der Waals surface area contributed by atoms with Crippen molar-refractivity contribution in [2.45, 2.75) is 32.7 Å². The maximum absolute atomic E-state index is 14.1. The van der Waals surface area contributed by atoms with Gasteiger partial charge in [-0.15, -0.1) is 0 Å². The monoisotopic (exact) mass is 264 g/mol. The summed E-state index contributed by atoms with van der Waals surface area (Å²) >= 11 is 0. The number of carbonyl (C=O) groups excluding carboxylic acids is 2. The van der Waals surface area contributed by atoms with E-state index in [9.17, 15) is 14.0 Å². The third kappa shape index (κ3) is 2.32. The molecule has 1 N–H and O–H groups in total. The van der Waals surface area contributed by atoms with Crippen molar-refractivity contribution >= 4 is 23.1 Å². The molecule has 0 saturated heterocycles. The highest BCUT2D eigenvalue weighted by molar-refractivity contribution is 6.51. The zero-order chi connectivity index (χ0) is 14.2. The molecule has 0 radical (unpaired) electrons. The van der Waals surface area contributed by atoms with Gasteiger partial charge < -0.3 is 10.2 Å². The first-order valence-corrected chi connectivity index (χ1v) is 6.37. The number of hydrogen-bond acceptors (Lipinski definition) is 3. The molecule has 1 amide bonds. The lowest BCUT2D eigenvalue weighted by molar-refractivity contribution is -0.112. The Morgan fingerprint density at radius 1 is 1.37 bits per heavy atom. The van der Waals surface area contributed by atoms with E-state index in [0.717, 1.165) is 18.9 Å². The summed E-state index contributed by atoms with van der Waals surface area (Å²) in [4.78, 5) is 24.6. The van der Waals surface area contributed by atoms with Gasteiger partial charge in [-0.3, -0.25) is 9.59 Å². The van der Waals surface area contributed by atoms with Crippen molar-refractivity contribution in [1.82, 2.24) is 0 Å². The van der Waals surface area contributed by atoms with E-state index in [1.165, 1.54) is 6.07 Å². The van der Waals surface area contributed by atoms with Crippen LogP contribution in [0.5, 0.6) is 0 Å². The number of fused-ring (bicyclic) bond motifs is 1. The molecule has 1 unspecified atom stereocenters. The van der Waals surface area contributed by atoms with Crippen LogP contribution in [0.4, 0.5) is 15.8 Å². The van der Waals surface area contributed by atoms with E-state index in [1.54, 1.807) is 0 Å². The van der Waals surface area contributed by atoms with Crippen LogP contribution in [-0.2, 0) is 4.79 Å². The molecular formula is C14H17FN2O2. The lowest BCUT2D eigenvalue weighted by Gasteiger charge is -2.27. The van der Waals surface area contributed by atoms with Crippen molar-refractivity contribution in [3.05, 3.63) is 23.5 Å². The Morgan fingerprint density at radius 3 is 2.68 bits per heavy atom. The van der Waals surface area contributed by atoms with Crippen LogP contribution < -0.4 is 10.2 Å². The normalized spacial score (nSPS) is 15.2. The molecule has 1 aliphatic heterocycles. The van der Waals surface area contributed by atoms with Crippen LogP contribution in [0.2, 0.25) is 0 Å². The number of amides is 1. The summed E-state index contributed by atoms with van der Waals surface area (Å²) in [7, 11) is 1.81. The van der Waals surface area contributed by atoms with Crippen molar-refractivity contribution in [3.8, 4) is 0 Å². The molecule has 0 aliphatic carbocycles. The van der Waals surface area contributed by atoms with Gasteiger partial charge in [-0.05, 0) is 25.5 Å². The van der Waals surface area contributed by atoms with E-state index in [-0.39, 0.29) is 11.6 Å². The molecule has 2 rings (SSSR count). The summed E-state index contributed by atoms with van der Waals surface area (Å²) in [6, 6.07) is 2.85. The topological polar surface area (TPSA) is 49.4 Å². The van der Waals surface area contributed by atoms with Crippen molar-refractivity contribution in [3.63, 3.8) is 0 Å². The summed E-state index contributed by atoms with van der Waals surface area (Å²) in [5.74, 6) is -1.85. The molecule has 0 fully saturated rings. The number of nitrogens with zero attached hydrogens (tertiary/aromatic N) is 1. The lowest BCUT2D eigenvalue weighted by Crippen LogP contribution is -2.29. The zero-order valence-corrected chi connectivity index (χ0v) is 11.3. The molecule has 0 bridgehead atoms. The predicted molar refractivity (Wildman–Crippen MR) is 72.1 cm³/mol. The maximum Gasteiger partial charge on any atom is 0.296 e. The molecule has 4 nitrogen and oxygen atoms in total. The van der Waals surface area contributed by atoms with Crippen LogP contribution in [0.3, 0.4) is 0 Å². The number of halogens is 1. The minimum Gasteiger partial charge on any atom is -0.369 e. The number of nitrogens with one attached hydrogen (secondary N) is 1. The van der Waals surface area contributed by atoms with E-state index in [0.29, 0.717) is 11.4 Å². The van der Waals surface area contributed by atoms with E-state index in [4.69, 9.17) is 0 Å². The second-order valence-electron chi connectivity index (χ2n) is 4.88. The fourth-order valence-electron chi connectivity index (χ4n) is 2.27. The Balaban J connectivity index is 2.37. The van der Waals surface area contributed by atoms with Gasteiger partial charge in [0.2, 0.25) is 0 Å². The fraction of sp³-hybridized carbons (Fsp3) is 0.429. The Morgan fingerprint density at radius 2 is 2.05 bits per heavy atom. The van der Waals surface area contributed by atoms with Crippen molar-refractivity contribution in [2.24, 2.45) is 0 Å². The zero-order valence-electron chi connectivity index (χ0n) is 11.3. The van der Waals surface area contributed by atoms with Crippen LogP contribution in [0, 0.1) is 5.82 Å². The first-order chi connectivity index (χ1) is 8.95. The summed E-state index contributed by atoms with van der Waals surface area (Å²) in [6.45, 7) is 4.09. The highest BCUT2D eigenvalue weighted by Gasteiger charge is 2.30. The molecule has 0 saturated carbocycles. The Hall–Kier alpha value is -1.91. The average molecular weight is 264 g/mol. The van der Waals surface area contributed by atoms with Gasteiger partial charge in [0, 0.05) is 13.1 Å². The fourth-order valence-corrected chi connectivity index (χ4v) is 2.27. The van der Waals surface area contributed by atoms with Gasteiger partial charge in [-0.25, -0.2) is 4.39 Å². The molecule has 1 aliphatic rings. The molecule has 19 heavy (non-hydrogen) atoms. The SMILES string of the molecule is CCCC(C)N(C)c1cc2c(cc1F)C(=O)C(=O)N2. The Labute approximate surface area is 111 Å². The molecule has 0 spiro atoms. The van der Waals surface area contributed by atoms with E-state index < -0.39 is 17.5 Å². The molecule has 0 aromatic heterocycles. The summed E-state index contributed by atoms with van der Waals surface area (Å²) in [6.07, 6.45) is 1.95. The quantitative estimate of drug-likeness (QED) is 0.850. The third-order valence-electron chi connectivity index (χ3n) is 3.53. The number of Topliss-reactive ketones (excluding diaryl/α,β-unsaturated/α-hetero) is 1. The van der Waals surface area contributed by atoms with Crippen LogP contribution >= 0.6 is 0 Å². The number of anilines is 2. The van der Waals surface area contributed by atoms with Gasteiger partial charge in [0.25, 0.3) is 11.7 Å². The standard InChI is InChI=1S/C14H17FN2O2/c1-4-5-8(2)17(3)12-7-11-9(6-10(12)15)13(18)14(19)16-11/h6-8H,4-5H2,1-3H3,(H,16,18,19). The van der Waals surface area contributed by atoms with Crippen LogP contribution in [-0.4, -0.2) is 24.8 Å². The van der Waals surface area contributed by atoms with Gasteiger partial charge >= 0.3 is 0 Å². The molecule has 102 valence electrons. The van der Waals surface area contributed by atoms with Crippen LogP contribution in [0.15, 0.2) is 12.1 Å². The summed E-state index contributed by atoms with van der Waals surface area (Å²) < 4.78 is 14.1. The minimum absolute atomic E-state index is 0.114.